The van der Waals surface area contributed by atoms with Crippen LogP contribution >= 0.6 is 0 Å². The van der Waals surface area contributed by atoms with Gasteiger partial charge >= 0.3 is 5.97 Å². The van der Waals surface area contributed by atoms with Gasteiger partial charge in [-0.1, -0.05) is 42.0 Å². The molecule has 0 aromatic heterocycles. The Morgan fingerprint density at radius 1 is 1.07 bits per heavy atom. The first-order chi connectivity index (χ1) is 13.2. The topological polar surface area (TPSA) is 54.0 Å². The van der Waals surface area contributed by atoms with Gasteiger partial charge in [0, 0.05) is 0 Å². The van der Waals surface area contributed by atoms with Crippen LogP contribution in [-0.4, -0.2) is 19.7 Å². The molecular formula is C22H20O5. The Labute approximate surface area is 157 Å². The van der Waals surface area contributed by atoms with Gasteiger partial charge in [0.15, 0.2) is 5.76 Å². The molecule has 0 saturated heterocycles. The number of ether oxygens (including phenoxy) is 2. The lowest BCUT2D eigenvalue weighted by atomic mass is 9.92. The molecule has 0 saturated carbocycles. The summed E-state index contributed by atoms with van der Waals surface area (Å²) in [6.07, 6.45) is 1.87. The summed E-state index contributed by atoms with van der Waals surface area (Å²) in [5.74, 6) is 0.787. The van der Waals surface area contributed by atoms with Crippen molar-refractivity contribution in [3.63, 3.8) is 0 Å². The van der Waals surface area contributed by atoms with Crippen molar-refractivity contribution in [2.45, 2.75) is 19.4 Å². The summed E-state index contributed by atoms with van der Waals surface area (Å²) in [7, 11) is 1.62. The normalized spacial score (nSPS) is 19.0. The molecule has 0 spiro atoms. The quantitative estimate of drug-likeness (QED) is 0.593. The van der Waals surface area contributed by atoms with Crippen molar-refractivity contribution >= 4 is 5.97 Å². The Kier molecular flexibility index (Phi) is 4.69. The average Bonchev–Trinajstić information content (AvgIpc) is 3.31. The second kappa shape index (κ2) is 7.29. The van der Waals surface area contributed by atoms with Crippen molar-refractivity contribution in [2.24, 2.45) is 0 Å². The van der Waals surface area contributed by atoms with Crippen LogP contribution in [0.5, 0.6) is 5.75 Å². The van der Waals surface area contributed by atoms with E-state index in [0.29, 0.717) is 24.4 Å². The summed E-state index contributed by atoms with van der Waals surface area (Å²) < 4.78 is 10.9. The zero-order chi connectivity index (χ0) is 18.8. The number of cyclic esters (lactones) is 1. The molecule has 2 aromatic carbocycles. The highest BCUT2D eigenvalue weighted by atomic mass is 17.2. The van der Waals surface area contributed by atoms with Crippen LogP contribution in [0.15, 0.2) is 71.5 Å². The second-order valence-electron chi connectivity index (χ2n) is 6.56. The lowest BCUT2D eigenvalue weighted by Crippen LogP contribution is -2.05. The summed E-state index contributed by atoms with van der Waals surface area (Å²) in [4.78, 5) is 22.8. The standard InChI is InChI=1S/C22H20O5/c1-14-3-5-15(6-4-14)13-18-20(19-11-12-25-27-19)22(23)26-21(18)16-7-9-17(24-2)10-8-16/h3-11,21H,12-13H2,1-2H3. The third-order valence-electron chi connectivity index (χ3n) is 4.73. The molecule has 1 unspecified atom stereocenters. The highest BCUT2D eigenvalue weighted by Crippen LogP contribution is 2.41. The summed E-state index contributed by atoms with van der Waals surface area (Å²) in [5.41, 5.74) is 4.50. The van der Waals surface area contributed by atoms with Gasteiger partial charge < -0.3 is 14.4 Å². The van der Waals surface area contributed by atoms with Crippen molar-refractivity contribution < 1.29 is 24.0 Å². The van der Waals surface area contributed by atoms with Gasteiger partial charge in [0.05, 0.1) is 7.11 Å². The average molecular weight is 364 g/mol. The van der Waals surface area contributed by atoms with Crippen molar-refractivity contribution in [1.82, 2.24) is 0 Å². The summed E-state index contributed by atoms with van der Waals surface area (Å²) in [6.45, 7) is 2.36. The SMILES string of the molecule is COc1ccc(C2OC(=O)C(C3=CCOO3)=C2Cc2ccc(C)cc2)cc1. The van der Waals surface area contributed by atoms with Crippen LogP contribution in [0.3, 0.4) is 0 Å². The Bertz CT molecular complexity index is 907. The van der Waals surface area contributed by atoms with E-state index in [0.717, 1.165) is 22.4 Å². The van der Waals surface area contributed by atoms with E-state index in [9.17, 15) is 4.79 Å². The summed E-state index contributed by atoms with van der Waals surface area (Å²) in [6, 6.07) is 15.8. The summed E-state index contributed by atoms with van der Waals surface area (Å²) >= 11 is 0. The van der Waals surface area contributed by atoms with Gasteiger partial charge in [-0.25, -0.2) is 4.79 Å². The fourth-order valence-electron chi connectivity index (χ4n) is 3.30. The van der Waals surface area contributed by atoms with E-state index in [1.807, 2.05) is 31.2 Å². The number of benzene rings is 2. The Hall–Kier alpha value is -3.05. The van der Waals surface area contributed by atoms with E-state index < -0.39 is 12.1 Å². The van der Waals surface area contributed by atoms with E-state index in [-0.39, 0.29) is 0 Å². The van der Waals surface area contributed by atoms with E-state index >= 15 is 0 Å². The monoisotopic (exact) mass is 364 g/mol. The third-order valence-corrected chi connectivity index (χ3v) is 4.73. The number of rotatable bonds is 5. The smallest absolute Gasteiger partial charge is 0.343 e. The zero-order valence-corrected chi connectivity index (χ0v) is 15.2. The van der Waals surface area contributed by atoms with Gasteiger partial charge in [-0.15, -0.1) is 0 Å². The Morgan fingerprint density at radius 3 is 2.44 bits per heavy atom. The van der Waals surface area contributed by atoms with Crippen LogP contribution in [0.4, 0.5) is 0 Å². The third kappa shape index (κ3) is 3.46. The molecule has 0 radical (unpaired) electrons. The lowest BCUT2D eigenvalue weighted by molar-refractivity contribution is -0.231. The lowest BCUT2D eigenvalue weighted by Gasteiger charge is -2.15. The van der Waals surface area contributed by atoms with Gasteiger partial charge in [-0.2, -0.15) is 4.89 Å². The maximum absolute atomic E-state index is 12.6. The van der Waals surface area contributed by atoms with Crippen LogP contribution < -0.4 is 4.74 Å². The van der Waals surface area contributed by atoms with Crippen molar-refractivity contribution in [1.29, 1.82) is 0 Å². The van der Waals surface area contributed by atoms with Gasteiger partial charge in [0.25, 0.3) is 0 Å². The number of carbonyl (C=O) groups excluding carboxylic acids is 1. The van der Waals surface area contributed by atoms with Crippen LogP contribution in [0.25, 0.3) is 0 Å². The number of hydrogen-bond donors (Lipinski definition) is 0. The highest BCUT2D eigenvalue weighted by Gasteiger charge is 2.38. The Balaban J connectivity index is 1.75. The van der Waals surface area contributed by atoms with E-state index in [1.54, 1.807) is 13.2 Å². The molecule has 0 N–H and O–H groups in total. The van der Waals surface area contributed by atoms with Gasteiger partial charge in [0.1, 0.15) is 24.0 Å². The zero-order valence-electron chi connectivity index (χ0n) is 15.2. The van der Waals surface area contributed by atoms with Crippen molar-refractivity contribution in [2.75, 3.05) is 13.7 Å². The van der Waals surface area contributed by atoms with E-state index in [1.165, 1.54) is 5.56 Å². The Morgan fingerprint density at radius 2 is 1.81 bits per heavy atom. The van der Waals surface area contributed by atoms with Gasteiger partial charge in [0.2, 0.25) is 0 Å². The second-order valence-corrected chi connectivity index (χ2v) is 6.56. The predicted octanol–water partition coefficient (Wildman–Crippen LogP) is 3.99. The fourth-order valence-corrected chi connectivity index (χ4v) is 3.30. The molecule has 1 atom stereocenters. The van der Waals surface area contributed by atoms with Crippen molar-refractivity contribution in [3.8, 4) is 5.75 Å². The predicted molar refractivity (Wildman–Crippen MR) is 98.9 cm³/mol. The van der Waals surface area contributed by atoms with Crippen molar-refractivity contribution in [3.05, 3.63) is 88.2 Å². The number of hydrogen-bond acceptors (Lipinski definition) is 5. The number of esters is 1. The molecule has 0 bridgehead atoms. The van der Waals surface area contributed by atoms with Crippen LogP contribution in [-0.2, 0) is 25.7 Å². The molecule has 4 rings (SSSR count). The molecule has 2 aliphatic rings. The molecule has 138 valence electrons. The maximum atomic E-state index is 12.6. The van der Waals surface area contributed by atoms with E-state index in [2.05, 4.69) is 24.3 Å². The number of methoxy groups -OCH3 is 1. The van der Waals surface area contributed by atoms with Gasteiger partial charge in [-0.05, 0) is 48.3 Å². The first-order valence-corrected chi connectivity index (χ1v) is 8.79. The molecule has 5 nitrogen and oxygen atoms in total. The molecule has 2 heterocycles. The number of carbonyl (C=O) groups is 1. The minimum atomic E-state index is -0.468. The first kappa shape index (κ1) is 17.4. The molecule has 27 heavy (non-hydrogen) atoms. The van der Waals surface area contributed by atoms with Gasteiger partial charge in [-0.3, -0.25) is 0 Å². The largest absolute Gasteiger partial charge is 0.497 e. The first-order valence-electron chi connectivity index (χ1n) is 8.79. The van der Waals surface area contributed by atoms with Crippen LogP contribution in [0.2, 0.25) is 0 Å². The molecule has 0 fully saturated rings. The maximum Gasteiger partial charge on any atom is 0.343 e. The van der Waals surface area contributed by atoms with Crippen LogP contribution in [0, 0.1) is 6.92 Å². The molecule has 5 heteroatoms. The highest BCUT2D eigenvalue weighted by molar-refractivity contribution is 5.96. The minimum Gasteiger partial charge on any atom is -0.497 e. The molecule has 0 aliphatic carbocycles. The molecular weight excluding hydrogens is 344 g/mol. The van der Waals surface area contributed by atoms with E-state index in [4.69, 9.17) is 19.2 Å². The summed E-state index contributed by atoms with van der Waals surface area (Å²) in [5, 5.41) is 0. The minimum absolute atomic E-state index is 0.317. The fraction of sp³-hybridized carbons (Fsp3) is 0.227. The molecule has 2 aliphatic heterocycles. The molecule has 2 aromatic rings. The molecule has 0 amide bonds. The number of aryl methyl sites for hydroxylation is 1. The van der Waals surface area contributed by atoms with Crippen LogP contribution in [0.1, 0.15) is 22.8 Å².